The van der Waals surface area contributed by atoms with Crippen LogP contribution < -0.4 is 16.4 Å². The minimum absolute atomic E-state index is 0.0215. The molecular weight excluding hydrogens is 446 g/mol. The lowest BCUT2D eigenvalue weighted by Crippen LogP contribution is -2.53. The molecule has 0 radical (unpaired) electrons. The minimum atomic E-state index is -1.10. The van der Waals surface area contributed by atoms with Crippen molar-refractivity contribution in [1.29, 1.82) is 5.41 Å². The largest absolute Gasteiger partial charge is 0.481 e. The van der Waals surface area contributed by atoms with Gasteiger partial charge < -0.3 is 26.0 Å². The third-order valence-electron chi connectivity index (χ3n) is 6.22. The first-order valence-electron chi connectivity index (χ1n) is 11.5. The number of likely N-dealkylation sites (N-methyl/N-ethyl adjacent to an activating group) is 1. The maximum atomic E-state index is 13.3. The highest BCUT2D eigenvalue weighted by Gasteiger charge is 2.38. The van der Waals surface area contributed by atoms with Gasteiger partial charge in [0, 0.05) is 31.4 Å². The Morgan fingerprint density at radius 3 is 2.51 bits per heavy atom. The maximum Gasteiger partial charge on any atom is 0.304 e. The zero-order valence-electron chi connectivity index (χ0n) is 20.5. The number of aliphatic carboxylic acids is 1. The molecule has 0 fully saturated rings. The number of anilines is 1. The van der Waals surface area contributed by atoms with Crippen LogP contribution in [0, 0.1) is 12.3 Å². The molecule has 1 heterocycles. The smallest absolute Gasteiger partial charge is 0.304 e. The van der Waals surface area contributed by atoms with Gasteiger partial charge in [0.2, 0.25) is 5.91 Å². The molecule has 0 aliphatic heterocycles. The average Bonchev–Trinajstić information content (AvgIpc) is 3.26. The third-order valence-corrected chi connectivity index (χ3v) is 6.22. The Morgan fingerprint density at radius 2 is 1.91 bits per heavy atom. The molecule has 3 rings (SSSR count). The van der Waals surface area contributed by atoms with Crippen LogP contribution in [0.25, 0.3) is 11.0 Å². The summed E-state index contributed by atoms with van der Waals surface area (Å²) in [6.07, 6.45) is -0.0916. The van der Waals surface area contributed by atoms with Crippen LogP contribution in [-0.2, 0) is 21.7 Å². The van der Waals surface area contributed by atoms with Crippen LogP contribution in [0.15, 0.2) is 36.4 Å². The van der Waals surface area contributed by atoms with E-state index in [-0.39, 0.29) is 24.7 Å². The van der Waals surface area contributed by atoms with E-state index in [0.29, 0.717) is 18.7 Å². The van der Waals surface area contributed by atoms with Gasteiger partial charge in [0.15, 0.2) is 0 Å². The first-order chi connectivity index (χ1) is 16.6. The SMILES string of the molecule is CCN(C)C(=O)C(C)(NCCC(=O)O)c1ccc2[nH]c(CNc3ccc(C(=N)N)cc3)nc2c1C. The van der Waals surface area contributed by atoms with Gasteiger partial charge in [-0.1, -0.05) is 6.07 Å². The summed E-state index contributed by atoms with van der Waals surface area (Å²) in [6, 6.07) is 11.1. The first-order valence-corrected chi connectivity index (χ1v) is 11.5. The molecule has 0 bridgehead atoms. The average molecular weight is 480 g/mol. The molecule has 0 aliphatic rings. The normalized spacial score (nSPS) is 12.8. The quantitative estimate of drug-likeness (QED) is 0.182. The Bertz CT molecular complexity index is 1240. The molecule has 35 heavy (non-hydrogen) atoms. The molecule has 0 saturated heterocycles. The number of amidine groups is 1. The van der Waals surface area contributed by atoms with Gasteiger partial charge in [-0.05, 0) is 62.2 Å². The molecule has 0 spiro atoms. The number of carboxylic acid groups (broad SMARTS) is 1. The first kappa shape index (κ1) is 25.7. The molecule has 1 amide bonds. The zero-order valence-corrected chi connectivity index (χ0v) is 20.5. The second-order valence-electron chi connectivity index (χ2n) is 8.68. The van der Waals surface area contributed by atoms with E-state index in [1.807, 2.05) is 38.1 Å². The highest BCUT2D eigenvalue weighted by Crippen LogP contribution is 2.31. The maximum absolute atomic E-state index is 13.3. The van der Waals surface area contributed by atoms with Crippen LogP contribution in [0.3, 0.4) is 0 Å². The number of hydrogen-bond donors (Lipinski definition) is 6. The number of carbonyl (C=O) groups is 2. The van der Waals surface area contributed by atoms with E-state index >= 15 is 0 Å². The van der Waals surface area contributed by atoms with Crippen LogP contribution >= 0.6 is 0 Å². The van der Waals surface area contributed by atoms with Crippen LogP contribution in [-0.4, -0.2) is 57.8 Å². The van der Waals surface area contributed by atoms with E-state index in [2.05, 4.69) is 15.6 Å². The van der Waals surface area contributed by atoms with E-state index in [4.69, 9.17) is 21.2 Å². The second-order valence-corrected chi connectivity index (χ2v) is 8.68. The van der Waals surface area contributed by atoms with Gasteiger partial charge >= 0.3 is 5.97 Å². The number of aromatic nitrogens is 2. The molecule has 186 valence electrons. The molecule has 3 aromatic rings. The van der Waals surface area contributed by atoms with E-state index in [1.54, 1.807) is 31.0 Å². The van der Waals surface area contributed by atoms with Crippen molar-refractivity contribution in [3.05, 3.63) is 58.9 Å². The molecule has 7 N–H and O–H groups in total. The summed E-state index contributed by atoms with van der Waals surface area (Å²) in [4.78, 5) is 34.1. The monoisotopic (exact) mass is 479 g/mol. The Labute approximate surface area is 204 Å². The lowest BCUT2D eigenvalue weighted by Gasteiger charge is -2.35. The van der Waals surface area contributed by atoms with E-state index in [0.717, 1.165) is 33.7 Å². The van der Waals surface area contributed by atoms with Gasteiger partial charge in [0.25, 0.3) is 0 Å². The number of nitrogen functional groups attached to an aromatic ring is 1. The number of hydrogen-bond acceptors (Lipinski definition) is 6. The zero-order chi connectivity index (χ0) is 25.8. The second kappa shape index (κ2) is 10.6. The summed E-state index contributed by atoms with van der Waals surface area (Å²) >= 11 is 0. The lowest BCUT2D eigenvalue weighted by atomic mass is 9.86. The van der Waals surface area contributed by atoms with Gasteiger partial charge in [-0.25, -0.2) is 4.98 Å². The molecule has 0 saturated carbocycles. The number of aryl methyl sites for hydroxylation is 1. The molecule has 1 atom stereocenters. The predicted molar refractivity (Wildman–Crippen MR) is 137 cm³/mol. The molecule has 10 nitrogen and oxygen atoms in total. The number of carboxylic acids is 1. The fourth-order valence-electron chi connectivity index (χ4n) is 4.07. The van der Waals surface area contributed by atoms with Crippen LogP contribution in [0.5, 0.6) is 0 Å². The number of fused-ring (bicyclic) bond motifs is 1. The summed E-state index contributed by atoms with van der Waals surface area (Å²) in [5.74, 6) is -0.315. The van der Waals surface area contributed by atoms with Crippen LogP contribution in [0.1, 0.15) is 42.8 Å². The fraction of sp³-hybridized carbons (Fsp3) is 0.360. The van der Waals surface area contributed by atoms with Crippen molar-refractivity contribution in [3.63, 3.8) is 0 Å². The van der Waals surface area contributed by atoms with Crippen LogP contribution in [0.4, 0.5) is 5.69 Å². The van der Waals surface area contributed by atoms with Crippen molar-refractivity contribution in [2.24, 2.45) is 5.73 Å². The van der Waals surface area contributed by atoms with Crippen LogP contribution in [0.2, 0.25) is 0 Å². The Kier molecular flexibility index (Phi) is 7.75. The van der Waals surface area contributed by atoms with E-state index < -0.39 is 11.5 Å². The topological polar surface area (TPSA) is 160 Å². The lowest BCUT2D eigenvalue weighted by molar-refractivity contribution is -0.139. The third kappa shape index (κ3) is 5.60. The Morgan fingerprint density at radius 1 is 1.23 bits per heavy atom. The van der Waals surface area contributed by atoms with Gasteiger partial charge in [-0.3, -0.25) is 20.3 Å². The van der Waals surface area contributed by atoms with Gasteiger partial charge in [0.05, 0.1) is 24.0 Å². The number of H-pyrrole nitrogens is 1. The molecule has 0 aliphatic carbocycles. The van der Waals surface area contributed by atoms with Gasteiger partial charge in [-0.2, -0.15) is 0 Å². The van der Waals surface area contributed by atoms with Crippen molar-refractivity contribution in [2.45, 2.75) is 39.3 Å². The number of aromatic amines is 1. The number of rotatable bonds is 11. The van der Waals surface area contributed by atoms with Crippen molar-refractivity contribution in [1.82, 2.24) is 20.2 Å². The van der Waals surface area contributed by atoms with Crippen molar-refractivity contribution in [3.8, 4) is 0 Å². The highest BCUT2D eigenvalue weighted by molar-refractivity contribution is 5.95. The summed E-state index contributed by atoms with van der Waals surface area (Å²) in [6.45, 7) is 6.75. The van der Waals surface area contributed by atoms with E-state index in [9.17, 15) is 9.59 Å². The molecule has 10 heteroatoms. The molecular formula is C25H33N7O3. The number of nitrogens with one attached hydrogen (secondary N) is 4. The number of nitrogens with two attached hydrogens (primary N) is 1. The summed E-state index contributed by atoms with van der Waals surface area (Å²) in [5.41, 5.74) is 9.14. The van der Waals surface area contributed by atoms with Gasteiger partial charge in [0.1, 0.15) is 17.2 Å². The Balaban J connectivity index is 1.89. The van der Waals surface area contributed by atoms with Crippen molar-refractivity contribution < 1.29 is 14.7 Å². The number of imidazole rings is 1. The summed E-state index contributed by atoms with van der Waals surface area (Å²) in [5, 5.41) is 23.0. The predicted octanol–water partition coefficient (Wildman–Crippen LogP) is 2.53. The van der Waals surface area contributed by atoms with Gasteiger partial charge in [-0.15, -0.1) is 0 Å². The summed E-state index contributed by atoms with van der Waals surface area (Å²) < 4.78 is 0. The van der Waals surface area contributed by atoms with Crippen molar-refractivity contribution >= 4 is 34.4 Å². The minimum Gasteiger partial charge on any atom is -0.481 e. The molecule has 1 aromatic heterocycles. The number of nitrogens with zero attached hydrogens (tertiary/aromatic N) is 2. The highest BCUT2D eigenvalue weighted by atomic mass is 16.4. The fourth-order valence-corrected chi connectivity index (χ4v) is 4.07. The standard InChI is InChI=1S/C25H33N7O3/c1-5-32(4)24(35)25(3,29-13-12-21(33)34)18-10-11-19-22(15(18)2)31-20(30-19)14-28-17-8-6-16(7-9-17)23(26)27/h6-11,28-29H,5,12-14H2,1-4H3,(H3,26,27)(H,30,31)(H,33,34). The summed E-state index contributed by atoms with van der Waals surface area (Å²) in [7, 11) is 1.73. The molecule has 2 aromatic carbocycles. The number of amides is 1. The Hall–Kier alpha value is -3.92. The van der Waals surface area contributed by atoms with Crippen molar-refractivity contribution in [2.75, 3.05) is 25.5 Å². The molecule has 1 unspecified atom stereocenters. The number of benzene rings is 2. The number of carbonyl (C=O) groups excluding carboxylic acids is 1. The van der Waals surface area contributed by atoms with E-state index in [1.165, 1.54) is 0 Å².